The zero-order valence-corrected chi connectivity index (χ0v) is 14.0. The van der Waals surface area contributed by atoms with Gasteiger partial charge in [-0.3, -0.25) is 19.3 Å². The predicted molar refractivity (Wildman–Crippen MR) is 93.0 cm³/mol. The normalized spacial score (nSPS) is 10.6. The van der Waals surface area contributed by atoms with Crippen molar-refractivity contribution in [3.05, 3.63) is 58.5 Å². The summed E-state index contributed by atoms with van der Waals surface area (Å²) in [7, 11) is 1.77. The summed E-state index contributed by atoms with van der Waals surface area (Å²) in [6.07, 6.45) is 7.07. The Bertz CT molecular complexity index is 945. The van der Waals surface area contributed by atoms with Gasteiger partial charge in [-0.25, -0.2) is 4.98 Å². The smallest absolute Gasteiger partial charge is 0.254 e. The van der Waals surface area contributed by atoms with Crippen LogP contribution in [0.2, 0.25) is 0 Å². The molecule has 0 fully saturated rings. The van der Waals surface area contributed by atoms with Crippen molar-refractivity contribution in [3.8, 4) is 11.4 Å². The number of rotatable bonds is 5. The van der Waals surface area contributed by atoms with Crippen molar-refractivity contribution >= 4 is 11.6 Å². The van der Waals surface area contributed by atoms with Crippen LogP contribution in [0.25, 0.3) is 11.4 Å². The number of carbonyl (C=O) groups excluding carboxylic acids is 1. The molecule has 2 N–H and O–H groups in total. The van der Waals surface area contributed by atoms with Gasteiger partial charge in [0.15, 0.2) is 0 Å². The number of pyridine rings is 1. The van der Waals surface area contributed by atoms with Crippen LogP contribution < -0.4 is 10.9 Å². The van der Waals surface area contributed by atoms with E-state index in [2.05, 4.69) is 25.4 Å². The monoisotopic (exact) mass is 338 g/mol. The first-order valence-corrected chi connectivity index (χ1v) is 7.81. The van der Waals surface area contributed by atoms with Crippen LogP contribution >= 0.6 is 0 Å². The third kappa shape index (κ3) is 3.97. The van der Waals surface area contributed by atoms with Gasteiger partial charge in [0.1, 0.15) is 5.82 Å². The number of carbonyl (C=O) groups is 1. The molecule has 8 heteroatoms. The lowest BCUT2D eigenvalue weighted by molar-refractivity contribution is -0.116. The minimum absolute atomic E-state index is 0.176. The molecule has 0 unspecified atom stereocenters. The molecule has 0 bridgehead atoms. The Balaban J connectivity index is 1.70. The van der Waals surface area contributed by atoms with Crippen LogP contribution in [0.3, 0.4) is 0 Å². The van der Waals surface area contributed by atoms with E-state index in [1.54, 1.807) is 55.6 Å². The Morgan fingerprint density at radius 1 is 1.32 bits per heavy atom. The number of aryl methyl sites for hydroxylation is 2. The highest BCUT2D eigenvalue weighted by molar-refractivity contribution is 5.90. The van der Waals surface area contributed by atoms with Crippen LogP contribution in [0.4, 0.5) is 5.69 Å². The number of H-pyrrole nitrogens is 1. The lowest BCUT2D eigenvalue weighted by atomic mass is 10.1. The maximum Gasteiger partial charge on any atom is 0.254 e. The van der Waals surface area contributed by atoms with Crippen molar-refractivity contribution in [2.75, 3.05) is 5.32 Å². The molecule has 3 heterocycles. The SMILES string of the molecule is Cc1nc(-c2ccncc2)[nH]c(=O)c1CCC(=O)Nc1cnn(C)c1. The Kier molecular flexibility index (Phi) is 4.69. The minimum Gasteiger partial charge on any atom is -0.323 e. The number of amides is 1. The van der Waals surface area contributed by atoms with Gasteiger partial charge in [0, 0.05) is 48.9 Å². The van der Waals surface area contributed by atoms with E-state index in [0.29, 0.717) is 29.2 Å². The number of nitrogens with one attached hydrogen (secondary N) is 2. The van der Waals surface area contributed by atoms with Gasteiger partial charge < -0.3 is 10.3 Å². The van der Waals surface area contributed by atoms with Crippen molar-refractivity contribution in [1.29, 1.82) is 0 Å². The summed E-state index contributed by atoms with van der Waals surface area (Å²) in [4.78, 5) is 35.5. The van der Waals surface area contributed by atoms with E-state index in [1.807, 2.05) is 0 Å². The van der Waals surface area contributed by atoms with Crippen LogP contribution in [-0.2, 0) is 18.3 Å². The Morgan fingerprint density at radius 2 is 2.08 bits per heavy atom. The molecule has 128 valence electrons. The molecule has 0 radical (unpaired) electrons. The van der Waals surface area contributed by atoms with Crippen LogP contribution in [0.15, 0.2) is 41.7 Å². The largest absolute Gasteiger partial charge is 0.323 e. The molecule has 0 aliphatic heterocycles. The average molecular weight is 338 g/mol. The number of nitrogens with zero attached hydrogens (tertiary/aromatic N) is 4. The maximum atomic E-state index is 12.4. The van der Waals surface area contributed by atoms with Gasteiger partial charge in [0.2, 0.25) is 5.91 Å². The minimum atomic E-state index is -0.228. The van der Waals surface area contributed by atoms with Crippen LogP contribution in [-0.4, -0.2) is 30.6 Å². The fourth-order valence-corrected chi connectivity index (χ4v) is 2.50. The fraction of sp³-hybridized carbons (Fsp3) is 0.235. The highest BCUT2D eigenvalue weighted by Gasteiger charge is 2.12. The molecule has 3 aromatic heterocycles. The van der Waals surface area contributed by atoms with Crippen LogP contribution in [0, 0.1) is 6.92 Å². The lowest BCUT2D eigenvalue weighted by Gasteiger charge is -2.07. The number of hydrogen-bond acceptors (Lipinski definition) is 5. The summed E-state index contributed by atoms with van der Waals surface area (Å²) < 4.78 is 1.60. The standard InChI is InChI=1S/C17H18N6O2/c1-11-14(3-4-15(24)21-13-9-19-23(2)10-13)17(25)22-16(20-11)12-5-7-18-8-6-12/h5-10H,3-4H2,1-2H3,(H,21,24)(H,20,22,25). The van der Waals surface area contributed by atoms with Crippen molar-refractivity contribution in [1.82, 2.24) is 24.7 Å². The molecule has 0 aliphatic carbocycles. The second-order valence-corrected chi connectivity index (χ2v) is 5.67. The average Bonchev–Trinajstić information content (AvgIpc) is 2.99. The van der Waals surface area contributed by atoms with E-state index in [1.165, 1.54) is 0 Å². The molecule has 25 heavy (non-hydrogen) atoms. The molecule has 0 aromatic carbocycles. The van der Waals surface area contributed by atoms with Crippen LogP contribution in [0.5, 0.6) is 0 Å². The van der Waals surface area contributed by atoms with E-state index in [0.717, 1.165) is 5.56 Å². The number of aromatic amines is 1. The van der Waals surface area contributed by atoms with Gasteiger partial charge >= 0.3 is 0 Å². The first-order valence-electron chi connectivity index (χ1n) is 7.81. The van der Waals surface area contributed by atoms with Crippen LogP contribution in [0.1, 0.15) is 17.7 Å². The number of hydrogen-bond donors (Lipinski definition) is 2. The third-order valence-corrected chi connectivity index (χ3v) is 3.77. The summed E-state index contributed by atoms with van der Waals surface area (Å²) >= 11 is 0. The summed E-state index contributed by atoms with van der Waals surface area (Å²) in [6, 6.07) is 3.55. The van der Waals surface area contributed by atoms with Gasteiger partial charge in [-0.1, -0.05) is 0 Å². The zero-order chi connectivity index (χ0) is 17.8. The van der Waals surface area contributed by atoms with Crippen molar-refractivity contribution in [3.63, 3.8) is 0 Å². The van der Waals surface area contributed by atoms with E-state index in [9.17, 15) is 9.59 Å². The highest BCUT2D eigenvalue weighted by Crippen LogP contribution is 2.14. The van der Waals surface area contributed by atoms with E-state index >= 15 is 0 Å². The van der Waals surface area contributed by atoms with Crippen molar-refractivity contribution in [2.24, 2.45) is 7.05 Å². The number of anilines is 1. The molecule has 0 spiro atoms. The highest BCUT2D eigenvalue weighted by atomic mass is 16.1. The molecular formula is C17H18N6O2. The van der Waals surface area contributed by atoms with Gasteiger partial charge in [-0.15, -0.1) is 0 Å². The van der Waals surface area contributed by atoms with Crippen molar-refractivity contribution < 1.29 is 4.79 Å². The Morgan fingerprint density at radius 3 is 2.72 bits per heavy atom. The van der Waals surface area contributed by atoms with Crippen molar-refractivity contribution in [2.45, 2.75) is 19.8 Å². The molecule has 0 atom stereocenters. The summed E-state index contributed by atoms with van der Waals surface area (Å²) in [6.45, 7) is 1.77. The molecule has 3 aromatic rings. The maximum absolute atomic E-state index is 12.4. The van der Waals surface area contributed by atoms with E-state index in [-0.39, 0.29) is 17.9 Å². The first kappa shape index (κ1) is 16.6. The Labute approximate surface area is 144 Å². The molecule has 1 amide bonds. The summed E-state index contributed by atoms with van der Waals surface area (Å²) in [5.41, 5.74) is 2.32. The summed E-state index contributed by atoms with van der Waals surface area (Å²) in [5, 5.41) is 6.73. The second kappa shape index (κ2) is 7.08. The topological polar surface area (TPSA) is 106 Å². The molecular weight excluding hydrogens is 320 g/mol. The predicted octanol–water partition coefficient (Wildman–Crippen LogP) is 1.45. The first-order chi connectivity index (χ1) is 12.0. The van der Waals surface area contributed by atoms with Gasteiger partial charge in [0.25, 0.3) is 5.56 Å². The Hall–Kier alpha value is -3.29. The fourth-order valence-electron chi connectivity index (χ4n) is 2.50. The zero-order valence-electron chi connectivity index (χ0n) is 14.0. The molecule has 0 saturated carbocycles. The molecule has 8 nitrogen and oxygen atoms in total. The summed E-state index contributed by atoms with van der Waals surface area (Å²) in [5.74, 6) is 0.318. The van der Waals surface area contributed by atoms with Gasteiger partial charge in [-0.05, 0) is 25.5 Å². The number of aromatic nitrogens is 5. The van der Waals surface area contributed by atoms with E-state index in [4.69, 9.17) is 0 Å². The second-order valence-electron chi connectivity index (χ2n) is 5.67. The lowest BCUT2D eigenvalue weighted by Crippen LogP contribution is -2.20. The van der Waals surface area contributed by atoms with Gasteiger partial charge in [-0.2, -0.15) is 5.10 Å². The third-order valence-electron chi connectivity index (χ3n) is 3.77. The quantitative estimate of drug-likeness (QED) is 0.732. The molecule has 3 rings (SSSR count). The molecule has 0 aliphatic rings. The van der Waals surface area contributed by atoms with E-state index < -0.39 is 0 Å². The van der Waals surface area contributed by atoms with Gasteiger partial charge in [0.05, 0.1) is 11.9 Å². The molecule has 0 saturated heterocycles.